The van der Waals surface area contributed by atoms with Crippen LogP contribution in [0.15, 0.2) is 4.99 Å². The molecule has 0 rings (SSSR count). The summed E-state index contributed by atoms with van der Waals surface area (Å²) in [7, 11) is 0. The Morgan fingerprint density at radius 3 is 2.00 bits per heavy atom. The van der Waals surface area contributed by atoms with Gasteiger partial charge in [-0.1, -0.05) is 14.4 Å². The van der Waals surface area contributed by atoms with Gasteiger partial charge in [0.1, 0.15) is 0 Å². The van der Waals surface area contributed by atoms with E-state index in [0.717, 1.165) is 13.1 Å². The van der Waals surface area contributed by atoms with Gasteiger partial charge in [0, 0.05) is 6.54 Å². The lowest BCUT2D eigenvalue weighted by Gasteiger charge is -2.02. The van der Waals surface area contributed by atoms with Crippen LogP contribution in [0.5, 0.6) is 0 Å². The number of isothiocyanates is 1. The lowest BCUT2D eigenvalue weighted by atomic mass is 10.7. The van der Waals surface area contributed by atoms with E-state index >= 15 is 0 Å². The minimum absolute atomic E-state index is 0. The lowest BCUT2D eigenvalue weighted by Crippen LogP contribution is -2.34. The molecule has 0 spiro atoms. The Bertz CT molecular complexity index is 180. The highest BCUT2D eigenvalue weighted by Crippen LogP contribution is 1.64. The number of halogens is 2. The molecule has 0 bridgehead atoms. The highest BCUT2D eigenvalue weighted by Gasteiger charge is 1.86. The Balaban J connectivity index is -0.0000000815. The van der Waals surface area contributed by atoms with E-state index in [1.807, 2.05) is 19.0 Å². The topological polar surface area (TPSA) is 62.4 Å². The predicted octanol–water partition coefficient (Wildman–Crippen LogP) is 2.01. The molecule has 0 aromatic rings. The van der Waals surface area contributed by atoms with Gasteiger partial charge in [0.2, 0.25) is 0 Å². The smallest absolute Gasteiger partial charge is 0.189 e. The van der Waals surface area contributed by atoms with E-state index in [9.17, 15) is 8.78 Å². The van der Waals surface area contributed by atoms with Gasteiger partial charge in [-0.05, 0) is 37.9 Å². The molecule has 0 saturated heterocycles. The largest absolute Gasteiger partial charge is 0.363 e. The van der Waals surface area contributed by atoms with E-state index in [0.29, 0.717) is 5.11 Å². The molecule has 104 valence electrons. The van der Waals surface area contributed by atoms with E-state index in [2.05, 4.69) is 40.1 Å². The van der Waals surface area contributed by atoms with Crippen molar-refractivity contribution >= 4 is 34.7 Å². The number of aliphatic imine (C=N–C) groups is 1. The fraction of sp³-hybridized carbons (Fsp3) is 0.778. The molecule has 0 aromatic heterocycles. The van der Waals surface area contributed by atoms with Crippen LogP contribution in [0.3, 0.4) is 0 Å². The van der Waals surface area contributed by atoms with Gasteiger partial charge in [-0.2, -0.15) is 4.99 Å². The zero-order valence-corrected chi connectivity index (χ0v) is 11.1. The Labute approximate surface area is 113 Å². The van der Waals surface area contributed by atoms with Crippen molar-refractivity contribution < 1.29 is 8.78 Å². The van der Waals surface area contributed by atoms with Gasteiger partial charge in [0.15, 0.2) is 18.7 Å². The number of hydrogen-bond donors (Lipinski definition) is 3. The van der Waals surface area contributed by atoms with E-state index in [1.54, 1.807) is 0 Å². The summed E-state index contributed by atoms with van der Waals surface area (Å²) in [6.45, 7) is 3.92. The predicted molar refractivity (Wildman–Crippen MR) is 77.8 cm³/mol. The van der Waals surface area contributed by atoms with E-state index in [1.165, 1.54) is 0 Å². The molecule has 0 aromatic carbocycles. The maximum Gasteiger partial charge on any atom is 0.189 e. The summed E-state index contributed by atoms with van der Waals surface area (Å²) in [5.41, 5.74) is 4.85. The Kier molecular flexibility index (Phi) is 43.8. The van der Waals surface area contributed by atoms with Crippen LogP contribution in [-0.4, -0.2) is 37.0 Å². The van der Waals surface area contributed by atoms with Crippen LogP contribution in [-0.2, 0) is 0 Å². The zero-order valence-electron chi connectivity index (χ0n) is 9.43. The van der Waals surface area contributed by atoms with Gasteiger partial charge >= 0.3 is 0 Å². The number of nitrogens with one attached hydrogen (secondary N) is 2. The summed E-state index contributed by atoms with van der Waals surface area (Å²) in [6, 6.07) is 0. The molecule has 4 nitrogen and oxygen atoms in total. The maximum atomic E-state index is 11.3. The van der Waals surface area contributed by atoms with Crippen molar-refractivity contribution in [1.29, 1.82) is 0 Å². The molecule has 0 radical (unpaired) electrons. The normalized spacial score (nSPS) is 6.65. The summed E-state index contributed by atoms with van der Waals surface area (Å²) in [6.07, 6.45) is 0. The third-order valence-electron chi connectivity index (χ3n) is 0.689. The van der Waals surface area contributed by atoms with Gasteiger partial charge in [0.25, 0.3) is 0 Å². The van der Waals surface area contributed by atoms with Crippen LogP contribution in [0.4, 0.5) is 8.78 Å². The molecule has 17 heavy (non-hydrogen) atoms. The second kappa shape index (κ2) is 29.5. The van der Waals surface area contributed by atoms with Crippen LogP contribution in [0, 0.1) is 0 Å². The Morgan fingerprint density at radius 2 is 1.82 bits per heavy atom. The molecule has 0 saturated carbocycles. The van der Waals surface area contributed by atoms with Crippen molar-refractivity contribution in [2.75, 3.05) is 26.7 Å². The minimum Gasteiger partial charge on any atom is -0.363 e. The summed E-state index contributed by atoms with van der Waals surface area (Å²) in [5, 5.41) is 7.25. The second-order valence-corrected chi connectivity index (χ2v) is 2.54. The van der Waals surface area contributed by atoms with Crippen LogP contribution in [0.1, 0.15) is 21.3 Å². The number of hydrogen-bond acceptors (Lipinski definition) is 4. The molecule has 0 atom stereocenters. The lowest BCUT2D eigenvalue weighted by molar-refractivity contribution is 0.474. The fourth-order valence-corrected chi connectivity index (χ4v) is 0.556. The summed E-state index contributed by atoms with van der Waals surface area (Å²) in [4.78, 5) is 2.87. The SMILES string of the molecule is C.CCN.CCNC(=S)NCF.FCN=C=S. The molecular formula is C9H22F2N4S2. The quantitative estimate of drug-likeness (QED) is 0.421. The van der Waals surface area contributed by atoms with Crippen LogP contribution >= 0.6 is 24.4 Å². The second-order valence-electron chi connectivity index (χ2n) is 1.95. The number of nitrogens with two attached hydrogens (primary N) is 1. The van der Waals surface area contributed by atoms with Crippen molar-refractivity contribution in [1.82, 2.24) is 10.6 Å². The van der Waals surface area contributed by atoms with E-state index < -0.39 is 13.6 Å². The summed E-state index contributed by atoms with van der Waals surface area (Å²) in [5.74, 6) is 0. The Morgan fingerprint density at radius 1 is 1.35 bits per heavy atom. The van der Waals surface area contributed by atoms with Crippen LogP contribution in [0.2, 0.25) is 0 Å². The molecule has 0 heterocycles. The first-order valence-corrected chi connectivity index (χ1v) is 5.33. The van der Waals surface area contributed by atoms with Crippen LogP contribution < -0.4 is 16.4 Å². The van der Waals surface area contributed by atoms with Gasteiger partial charge in [-0.3, -0.25) is 0 Å². The van der Waals surface area contributed by atoms with Crippen molar-refractivity contribution in [2.24, 2.45) is 10.7 Å². The Hall–Kier alpha value is -0.690. The van der Waals surface area contributed by atoms with Crippen LogP contribution in [0.25, 0.3) is 0 Å². The van der Waals surface area contributed by atoms with Gasteiger partial charge < -0.3 is 16.4 Å². The molecular weight excluding hydrogens is 266 g/mol. The monoisotopic (exact) mass is 288 g/mol. The summed E-state index contributed by atoms with van der Waals surface area (Å²) >= 11 is 8.58. The molecule has 4 N–H and O–H groups in total. The first kappa shape index (κ1) is 25.2. The van der Waals surface area contributed by atoms with Gasteiger partial charge in [0.05, 0.1) is 5.16 Å². The average Bonchev–Trinajstić information content (AvgIpc) is 2.22. The standard InChI is InChI=1S/C4H9FN2S.C2H2FNS.C2H7N.CH4/c1-2-6-4(8)7-3-5;3-1-4-2-5;1-2-3;/h2-3H2,1H3,(H2,6,7,8);1H2;2-3H2,1H3;1H4. The third kappa shape index (κ3) is 50.8. The first-order chi connectivity index (χ1) is 7.64. The van der Waals surface area contributed by atoms with Crippen molar-refractivity contribution in [3.05, 3.63) is 0 Å². The molecule has 0 amide bonds. The number of thiocarbonyl (C=S) groups is 2. The number of nitrogens with zero attached hydrogens (tertiary/aromatic N) is 1. The molecule has 0 aliphatic carbocycles. The van der Waals surface area contributed by atoms with Crippen molar-refractivity contribution in [3.63, 3.8) is 0 Å². The molecule has 0 unspecified atom stereocenters. The van der Waals surface area contributed by atoms with Gasteiger partial charge in [-0.25, -0.2) is 8.78 Å². The number of rotatable bonds is 3. The third-order valence-corrected chi connectivity index (χ3v) is 1.11. The molecule has 0 fully saturated rings. The highest BCUT2D eigenvalue weighted by molar-refractivity contribution is 7.80. The minimum atomic E-state index is -0.747. The first-order valence-electron chi connectivity index (χ1n) is 4.51. The maximum absolute atomic E-state index is 11.3. The molecule has 0 aliphatic rings. The molecule has 8 heteroatoms. The van der Waals surface area contributed by atoms with Crippen molar-refractivity contribution in [2.45, 2.75) is 21.3 Å². The van der Waals surface area contributed by atoms with E-state index in [-0.39, 0.29) is 7.43 Å². The zero-order chi connectivity index (χ0) is 13.2. The number of alkyl halides is 2. The summed E-state index contributed by atoms with van der Waals surface area (Å²) < 4.78 is 22.0. The fourth-order valence-electron chi connectivity index (χ4n) is 0.308. The van der Waals surface area contributed by atoms with Gasteiger partial charge in [-0.15, -0.1) is 0 Å². The van der Waals surface area contributed by atoms with E-state index in [4.69, 9.17) is 5.73 Å². The average molecular weight is 288 g/mol. The highest BCUT2D eigenvalue weighted by atomic mass is 32.1. The molecule has 0 aliphatic heterocycles. The van der Waals surface area contributed by atoms with Crippen molar-refractivity contribution in [3.8, 4) is 0 Å².